The number of aromatic nitrogens is 2. The summed E-state index contributed by atoms with van der Waals surface area (Å²) in [6.07, 6.45) is 4.23. The van der Waals surface area contributed by atoms with E-state index in [4.69, 9.17) is 5.26 Å². The van der Waals surface area contributed by atoms with Crippen LogP contribution in [0.3, 0.4) is 0 Å². The second-order valence-electron chi connectivity index (χ2n) is 4.02. The summed E-state index contributed by atoms with van der Waals surface area (Å²) in [5, 5.41) is 15.3. The molecule has 0 aliphatic rings. The third-order valence-corrected chi connectivity index (χ3v) is 2.60. The van der Waals surface area contributed by atoms with Gasteiger partial charge in [0.2, 0.25) is 5.91 Å². The van der Waals surface area contributed by atoms with Crippen LogP contribution in [0.15, 0.2) is 36.5 Å². The molecule has 1 amide bonds. The highest BCUT2D eigenvalue weighted by Crippen LogP contribution is 2.12. The Labute approximate surface area is 115 Å². The Kier molecular flexibility index (Phi) is 3.91. The summed E-state index contributed by atoms with van der Waals surface area (Å²) in [6, 6.07) is 7.68. The molecule has 0 saturated heterocycles. The summed E-state index contributed by atoms with van der Waals surface area (Å²) in [5.41, 5.74) is 0.989. The fourth-order valence-electron chi connectivity index (χ4n) is 1.57. The number of carbonyl (C=O) groups excluding carboxylic acids is 1. The minimum atomic E-state index is -0.394. The predicted molar refractivity (Wildman–Crippen MR) is 72.0 cm³/mol. The number of nitrogens with one attached hydrogen (secondary N) is 1. The molecule has 1 aromatic heterocycles. The number of aryl methyl sites for hydroxylation is 1. The van der Waals surface area contributed by atoms with Crippen molar-refractivity contribution < 1.29 is 9.18 Å². The number of carbonyl (C=O) groups is 1. The lowest BCUT2D eigenvalue weighted by molar-refractivity contribution is -0.111. The summed E-state index contributed by atoms with van der Waals surface area (Å²) >= 11 is 0. The van der Waals surface area contributed by atoms with Crippen LogP contribution in [0.4, 0.5) is 10.2 Å². The van der Waals surface area contributed by atoms with Crippen LogP contribution in [0.5, 0.6) is 0 Å². The van der Waals surface area contributed by atoms with Gasteiger partial charge in [-0.1, -0.05) is 12.1 Å². The maximum Gasteiger partial charge on any atom is 0.249 e. The van der Waals surface area contributed by atoms with E-state index >= 15 is 0 Å². The van der Waals surface area contributed by atoms with Gasteiger partial charge in [0.05, 0.1) is 6.20 Å². The first-order valence-electron chi connectivity index (χ1n) is 5.77. The quantitative estimate of drug-likeness (QED) is 0.868. The zero-order chi connectivity index (χ0) is 14.5. The third-order valence-electron chi connectivity index (χ3n) is 2.60. The van der Waals surface area contributed by atoms with Crippen LogP contribution in [0.2, 0.25) is 0 Å². The molecule has 0 bridgehead atoms. The van der Waals surface area contributed by atoms with E-state index in [2.05, 4.69) is 10.4 Å². The molecule has 2 rings (SSSR count). The molecule has 0 radical (unpaired) electrons. The lowest BCUT2D eigenvalue weighted by Gasteiger charge is -2.02. The normalized spacial score (nSPS) is 10.4. The molecule has 6 heteroatoms. The summed E-state index contributed by atoms with van der Waals surface area (Å²) in [5.74, 6) is -0.393. The minimum Gasteiger partial charge on any atom is -0.306 e. The van der Waals surface area contributed by atoms with Crippen LogP contribution in [0.25, 0.3) is 6.08 Å². The van der Waals surface area contributed by atoms with E-state index in [0.29, 0.717) is 11.4 Å². The maximum atomic E-state index is 12.7. The second-order valence-corrected chi connectivity index (χ2v) is 4.02. The molecule has 0 spiro atoms. The van der Waals surface area contributed by atoms with E-state index in [0.717, 1.165) is 0 Å². The molecule has 0 saturated carbocycles. The van der Waals surface area contributed by atoms with Crippen molar-refractivity contribution in [3.63, 3.8) is 0 Å². The smallest absolute Gasteiger partial charge is 0.249 e. The van der Waals surface area contributed by atoms with Crippen molar-refractivity contribution >= 4 is 17.8 Å². The number of rotatable bonds is 3. The van der Waals surface area contributed by atoms with Gasteiger partial charge in [0.1, 0.15) is 23.3 Å². The van der Waals surface area contributed by atoms with Crippen molar-refractivity contribution in [1.82, 2.24) is 9.78 Å². The largest absolute Gasteiger partial charge is 0.306 e. The lowest BCUT2D eigenvalue weighted by atomic mass is 10.2. The molecule has 1 N–H and O–H groups in total. The number of hydrogen-bond acceptors (Lipinski definition) is 3. The van der Waals surface area contributed by atoms with Crippen molar-refractivity contribution in [3.8, 4) is 6.07 Å². The van der Waals surface area contributed by atoms with Gasteiger partial charge < -0.3 is 5.32 Å². The van der Waals surface area contributed by atoms with Crippen molar-refractivity contribution in [2.75, 3.05) is 5.32 Å². The number of hydrogen-bond donors (Lipinski definition) is 1. The van der Waals surface area contributed by atoms with Crippen molar-refractivity contribution in [2.24, 2.45) is 7.05 Å². The van der Waals surface area contributed by atoms with Crippen molar-refractivity contribution in [2.45, 2.75) is 0 Å². The van der Waals surface area contributed by atoms with Crippen LogP contribution in [0.1, 0.15) is 11.1 Å². The van der Waals surface area contributed by atoms with E-state index in [1.807, 2.05) is 6.07 Å². The van der Waals surface area contributed by atoms with Crippen LogP contribution >= 0.6 is 0 Å². The van der Waals surface area contributed by atoms with Gasteiger partial charge in [0, 0.05) is 13.1 Å². The topological polar surface area (TPSA) is 70.7 Å². The van der Waals surface area contributed by atoms with E-state index in [1.165, 1.54) is 29.1 Å². The number of amides is 1. The van der Waals surface area contributed by atoms with Gasteiger partial charge >= 0.3 is 0 Å². The minimum absolute atomic E-state index is 0.288. The first kappa shape index (κ1) is 13.5. The molecule has 1 aromatic carbocycles. The number of nitriles is 1. The van der Waals surface area contributed by atoms with E-state index in [9.17, 15) is 9.18 Å². The van der Waals surface area contributed by atoms with Gasteiger partial charge in [-0.25, -0.2) is 4.39 Å². The van der Waals surface area contributed by atoms with Crippen LogP contribution in [-0.2, 0) is 11.8 Å². The molecule has 0 fully saturated rings. The molecule has 0 aliphatic carbocycles. The highest BCUT2D eigenvalue weighted by Gasteiger charge is 2.09. The Hall–Kier alpha value is -2.94. The highest BCUT2D eigenvalue weighted by molar-refractivity contribution is 6.02. The van der Waals surface area contributed by atoms with E-state index in [-0.39, 0.29) is 11.4 Å². The van der Waals surface area contributed by atoms with Gasteiger partial charge in [-0.15, -0.1) is 0 Å². The molecular weight excluding hydrogens is 259 g/mol. The fraction of sp³-hybridized carbons (Fsp3) is 0.0714. The molecule has 2 aromatic rings. The number of anilines is 1. The van der Waals surface area contributed by atoms with Gasteiger partial charge in [0.25, 0.3) is 0 Å². The van der Waals surface area contributed by atoms with Crippen LogP contribution in [0, 0.1) is 17.1 Å². The average Bonchev–Trinajstić information content (AvgIpc) is 2.79. The molecule has 20 heavy (non-hydrogen) atoms. The fourth-order valence-corrected chi connectivity index (χ4v) is 1.57. The number of benzene rings is 1. The summed E-state index contributed by atoms with van der Waals surface area (Å²) in [6.45, 7) is 0. The summed E-state index contributed by atoms with van der Waals surface area (Å²) < 4.78 is 14.1. The summed E-state index contributed by atoms with van der Waals surface area (Å²) in [4.78, 5) is 11.7. The van der Waals surface area contributed by atoms with Crippen LogP contribution < -0.4 is 5.32 Å². The van der Waals surface area contributed by atoms with Crippen LogP contribution in [-0.4, -0.2) is 15.7 Å². The Morgan fingerprint density at radius 3 is 2.80 bits per heavy atom. The molecule has 0 aliphatic heterocycles. The van der Waals surface area contributed by atoms with Gasteiger partial charge in [0.15, 0.2) is 0 Å². The van der Waals surface area contributed by atoms with Crippen molar-refractivity contribution in [3.05, 3.63) is 53.5 Å². The standard InChI is InChI=1S/C14H11FN4O/c1-19-14(11(8-16)9-17-19)18-13(20)7-4-10-2-5-12(15)6-3-10/h2-7,9H,1H3,(H,18,20)/b7-4+. The number of nitrogens with zero attached hydrogens (tertiary/aromatic N) is 3. The third kappa shape index (κ3) is 3.09. The zero-order valence-electron chi connectivity index (χ0n) is 10.7. The van der Waals surface area contributed by atoms with E-state index < -0.39 is 5.91 Å². The Balaban J connectivity index is 2.08. The predicted octanol–water partition coefficient (Wildman–Crippen LogP) is 2.08. The lowest BCUT2D eigenvalue weighted by Crippen LogP contribution is -2.12. The first-order chi connectivity index (χ1) is 9.60. The molecule has 5 nitrogen and oxygen atoms in total. The van der Waals surface area contributed by atoms with Crippen molar-refractivity contribution in [1.29, 1.82) is 5.26 Å². The van der Waals surface area contributed by atoms with Gasteiger partial charge in [-0.05, 0) is 23.8 Å². The Bertz CT molecular complexity index is 695. The first-order valence-corrected chi connectivity index (χ1v) is 5.77. The molecular formula is C14H11FN4O. The van der Waals surface area contributed by atoms with E-state index in [1.54, 1.807) is 25.3 Å². The monoisotopic (exact) mass is 270 g/mol. The Morgan fingerprint density at radius 2 is 2.15 bits per heavy atom. The zero-order valence-corrected chi connectivity index (χ0v) is 10.7. The SMILES string of the molecule is Cn1ncc(C#N)c1NC(=O)/C=C/c1ccc(F)cc1. The second kappa shape index (κ2) is 5.80. The van der Waals surface area contributed by atoms with Gasteiger partial charge in [-0.3, -0.25) is 9.48 Å². The molecule has 100 valence electrons. The number of halogens is 1. The summed E-state index contributed by atoms with van der Waals surface area (Å²) in [7, 11) is 1.63. The molecule has 0 unspecified atom stereocenters. The molecule has 0 atom stereocenters. The maximum absolute atomic E-state index is 12.7. The highest BCUT2D eigenvalue weighted by atomic mass is 19.1. The average molecular weight is 270 g/mol. The molecule has 1 heterocycles. The Morgan fingerprint density at radius 1 is 1.45 bits per heavy atom. The van der Waals surface area contributed by atoms with Gasteiger partial charge in [-0.2, -0.15) is 10.4 Å².